The van der Waals surface area contributed by atoms with Crippen LogP contribution in [0.2, 0.25) is 0 Å². The smallest absolute Gasteiger partial charge is 0.233 e. The lowest BCUT2D eigenvalue weighted by molar-refractivity contribution is -0.125. The molecule has 174 valence electrons. The topological polar surface area (TPSA) is 42.0 Å². The first-order chi connectivity index (χ1) is 17.1. The summed E-state index contributed by atoms with van der Waals surface area (Å²) in [5, 5.41) is 8.14. The second-order valence-electron chi connectivity index (χ2n) is 9.04. The van der Waals surface area contributed by atoms with E-state index in [9.17, 15) is 4.79 Å². The number of rotatable bonds is 7. The Kier molecular flexibility index (Phi) is 6.47. The molecule has 0 aliphatic rings. The van der Waals surface area contributed by atoms with Gasteiger partial charge >= 0.3 is 0 Å². The number of fused-ring (bicyclic) bond motifs is 1. The summed E-state index contributed by atoms with van der Waals surface area (Å²) in [6, 6.07) is 35.2. The van der Waals surface area contributed by atoms with Crippen molar-refractivity contribution in [2.45, 2.75) is 26.2 Å². The van der Waals surface area contributed by atoms with E-state index in [-0.39, 0.29) is 11.8 Å². The zero-order chi connectivity index (χ0) is 24.3. The van der Waals surface area contributed by atoms with Crippen molar-refractivity contribution in [2.24, 2.45) is 5.41 Å². The molecule has 0 fully saturated rings. The number of hydrogen-bond acceptors (Lipinski definition) is 3. The molecule has 4 aromatic carbocycles. The van der Waals surface area contributed by atoms with Crippen LogP contribution < -0.4 is 5.32 Å². The fourth-order valence-corrected chi connectivity index (χ4v) is 5.56. The summed E-state index contributed by atoms with van der Waals surface area (Å²) in [6.07, 6.45) is 0.689. The molecule has 5 rings (SSSR count). The number of amides is 1. The first-order valence-electron chi connectivity index (χ1n) is 11.9. The van der Waals surface area contributed by atoms with E-state index in [0.29, 0.717) is 11.6 Å². The third-order valence-electron chi connectivity index (χ3n) is 6.95. The van der Waals surface area contributed by atoms with Gasteiger partial charge in [0.15, 0.2) is 5.13 Å². The summed E-state index contributed by atoms with van der Waals surface area (Å²) in [6.45, 7) is 4.15. The second kappa shape index (κ2) is 9.85. The van der Waals surface area contributed by atoms with Crippen molar-refractivity contribution in [2.75, 3.05) is 5.32 Å². The van der Waals surface area contributed by atoms with Crippen molar-refractivity contribution in [3.63, 3.8) is 0 Å². The highest BCUT2D eigenvalue weighted by Gasteiger charge is 2.41. The van der Waals surface area contributed by atoms with Crippen LogP contribution in [-0.4, -0.2) is 10.9 Å². The Bertz CT molecular complexity index is 1400. The number of nitrogens with one attached hydrogen (secondary N) is 1. The molecule has 35 heavy (non-hydrogen) atoms. The van der Waals surface area contributed by atoms with Gasteiger partial charge in [0, 0.05) is 16.9 Å². The van der Waals surface area contributed by atoms with Gasteiger partial charge in [-0.15, -0.1) is 11.3 Å². The van der Waals surface area contributed by atoms with Crippen LogP contribution >= 0.6 is 11.3 Å². The molecule has 1 amide bonds. The molecule has 4 heteroatoms. The van der Waals surface area contributed by atoms with Crippen molar-refractivity contribution in [1.29, 1.82) is 0 Å². The molecule has 3 nitrogen and oxygen atoms in total. The summed E-state index contributed by atoms with van der Waals surface area (Å²) in [7, 11) is 0. The van der Waals surface area contributed by atoms with Gasteiger partial charge in [-0.25, -0.2) is 4.98 Å². The number of thiazole rings is 1. The quantitative estimate of drug-likeness (QED) is 0.257. The number of nitrogens with zero attached hydrogens (tertiary/aromatic N) is 1. The normalized spacial score (nSPS) is 13.0. The number of benzene rings is 4. The van der Waals surface area contributed by atoms with E-state index in [2.05, 4.69) is 67.7 Å². The van der Waals surface area contributed by atoms with Gasteiger partial charge < -0.3 is 5.32 Å². The van der Waals surface area contributed by atoms with Crippen molar-refractivity contribution >= 4 is 33.1 Å². The summed E-state index contributed by atoms with van der Waals surface area (Å²) < 4.78 is 0. The third kappa shape index (κ3) is 4.50. The molecular weight excluding hydrogens is 448 g/mol. The van der Waals surface area contributed by atoms with Crippen LogP contribution in [0.4, 0.5) is 5.13 Å². The molecule has 0 saturated carbocycles. The van der Waals surface area contributed by atoms with Crippen LogP contribution in [0.25, 0.3) is 22.0 Å². The second-order valence-corrected chi connectivity index (χ2v) is 9.90. The SMILES string of the molecule is CCC(C)(C(=O)Nc1nc(-c2cccc3ccccc23)cs1)C(c1ccccc1)c1ccccc1. The molecule has 0 saturated heterocycles. The fraction of sp³-hybridized carbons (Fsp3) is 0.161. The highest BCUT2D eigenvalue weighted by molar-refractivity contribution is 7.14. The van der Waals surface area contributed by atoms with Gasteiger partial charge in [-0.1, -0.05) is 110 Å². The molecule has 0 bridgehead atoms. The van der Waals surface area contributed by atoms with E-state index < -0.39 is 5.41 Å². The maximum absolute atomic E-state index is 13.9. The maximum Gasteiger partial charge on any atom is 0.233 e. The largest absolute Gasteiger partial charge is 0.301 e. The zero-order valence-electron chi connectivity index (χ0n) is 19.9. The van der Waals surface area contributed by atoms with Crippen LogP contribution in [0.1, 0.15) is 37.3 Å². The molecule has 0 aliphatic heterocycles. The minimum absolute atomic E-state index is 0.0171. The molecule has 1 heterocycles. The first-order valence-corrected chi connectivity index (χ1v) is 12.8. The van der Waals surface area contributed by atoms with Crippen LogP contribution in [0, 0.1) is 5.41 Å². The minimum Gasteiger partial charge on any atom is -0.301 e. The zero-order valence-corrected chi connectivity index (χ0v) is 20.8. The van der Waals surface area contributed by atoms with Gasteiger partial charge in [0.25, 0.3) is 0 Å². The van der Waals surface area contributed by atoms with Gasteiger partial charge in [-0.2, -0.15) is 0 Å². The maximum atomic E-state index is 13.9. The van der Waals surface area contributed by atoms with Crippen LogP contribution in [0.3, 0.4) is 0 Å². The van der Waals surface area contributed by atoms with E-state index in [1.165, 1.54) is 16.7 Å². The average Bonchev–Trinajstić information content (AvgIpc) is 3.37. The molecule has 1 atom stereocenters. The number of aromatic nitrogens is 1. The average molecular weight is 477 g/mol. The number of hydrogen-bond donors (Lipinski definition) is 1. The van der Waals surface area contributed by atoms with Gasteiger partial charge in [-0.05, 0) is 35.2 Å². The van der Waals surface area contributed by atoms with E-state index in [1.807, 2.05) is 60.0 Å². The summed E-state index contributed by atoms with van der Waals surface area (Å²) >= 11 is 1.47. The molecule has 0 aliphatic carbocycles. The fourth-order valence-electron chi connectivity index (χ4n) is 4.86. The van der Waals surface area contributed by atoms with Crippen LogP contribution in [-0.2, 0) is 4.79 Å². The Hall–Kier alpha value is -3.76. The number of carbonyl (C=O) groups excluding carboxylic acids is 1. The third-order valence-corrected chi connectivity index (χ3v) is 7.70. The van der Waals surface area contributed by atoms with Gasteiger partial charge in [0.05, 0.1) is 11.1 Å². The first kappa shape index (κ1) is 23.0. The Morgan fingerprint density at radius 1 is 0.857 bits per heavy atom. The Morgan fingerprint density at radius 3 is 2.11 bits per heavy atom. The predicted molar refractivity (Wildman–Crippen MR) is 147 cm³/mol. The standard InChI is InChI=1S/C31H28N2OS/c1-3-31(2,28(23-14-6-4-7-15-23)24-16-8-5-9-17-24)29(34)33-30-32-27(21-35-30)26-20-12-18-22-13-10-11-19-25(22)26/h4-21,28H,3H2,1-2H3,(H,32,33,34). The molecule has 0 radical (unpaired) electrons. The molecule has 1 aromatic heterocycles. The highest BCUT2D eigenvalue weighted by atomic mass is 32.1. The van der Waals surface area contributed by atoms with Crippen LogP contribution in [0.15, 0.2) is 109 Å². The monoisotopic (exact) mass is 476 g/mol. The van der Waals surface area contributed by atoms with E-state index in [0.717, 1.165) is 27.8 Å². The predicted octanol–water partition coefficient (Wildman–Crippen LogP) is 8.15. The molecule has 5 aromatic rings. The summed E-state index contributed by atoms with van der Waals surface area (Å²) in [4.78, 5) is 18.7. The summed E-state index contributed by atoms with van der Waals surface area (Å²) in [5.74, 6) is -0.0936. The Labute approximate surface area is 210 Å². The minimum atomic E-state index is -0.659. The molecular formula is C31H28N2OS. The van der Waals surface area contributed by atoms with Crippen molar-refractivity contribution in [3.05, 3.63) is 120 Å². The number of anilines is 1. The Balaban J connectivity index is 1.48. The van der Waals surface area contributed by atoms with E-state index >= 15 is 0 Å². The van der Waals surface area contributed by atoms with Gasteiger partial charge in [-0.3, -0.25) is 4.79 Å². The molecule has 1 N–H and O–H groups in total. The van der Waals surface area contributed by atoms with Crippen molar-refractivity contribution in [3.8, 4) is 11.3 Å². The van der Waals surface area contributed by atoms with Crippen molar-refractivity contribution < 1.29 is 4.79 Å². The lowest BCUT2D eigenvalue weighted by Crippen LogP contribution is -2.39. The molecule has 0 spiro atoms. The summed E-state index contributed by atoms with van der Waals surface area (Å²) in [5.41, 5.74) is 3.56. The van der Waals surface area contributed by atoms with Crippen molar-refractivity contribution in [1.82, 2.24) is 4.98 Å². The van der Waals surface area contributed by atoms with Gasteiger partial charge in [0.1, 0.15) is 0 Å². The number of carbonyl (C=O) groups is 1. The Morgan fingerprint density at radius 2 is 1.46 bits per heavy atom. The van der Waals surface area contributed by atoms with Crippen LogP contribution in [0.5, 0.6) is 0 Å². The lowest BCUT2D eigenvalue weighted by Gasteiger charge is -2.36. The van der Waals surface area contributed by atoms with Gasteiger partial charge in [0.2, 0.25) is 5.91 Å². The van der Waals surface area contributed by atoms with E-state index in [1.54, 1.807) is 0 Å². The molecule has 1 unspecified atom stereocenters. The lowest BCUT2D eigenvalue weighted by atomic mass is 9.68. The highest BCUT2D eigenvalue weighted by Crippen LogP contribution is 2.44. The van der Waals surface area contributed by atoms with E-state index in [4.69, 9.17) is 4.98 Å².